The zero-order valence-electron chi connectivity index (χ0n) is 21.1. The van der Waals surface area contributed by atoms with Crippen LogP contribution in [-0.2, 0) is 16.8 Å². The van der Waals surface area contributed by atoms with Gasteiger partial charge in [0.15, 0.2) is 17.3 Å². The molecule has 0 spiro atoms. The van der Waals surface area contributed by atoms with Crippen LogP contribution in [0.3, 0.4) is 0 Å². The largest absolute Gasteiger partial charge is 0.454 e. The predicted octanol–water partition coefficient (Wildman–Crippen LogP) is 3.38. The summed E-state index contributed by atoms with van der Waals surface area (Å²) >= 11 is 0. The molecule has 35 heavy (non-hydrogen) atoms. The summed E-state index contributed by atoms with van der Waals surface area (Å²) in [7, 11) is 0. The van der Waals surface area contributed by atoms with Crippen molar-refractivity contribution in [2.24, 2.45) is 5.92 Å². The third-order valence-corrected chi connectivity index (χ3v) is 6.67. The Balaban J connectivity index is 1.54. The van der Waals surface area contributed by atoms with Crippen LogP contribution in [-0.4, -0.2) is 56.1 Å². The number of rotatable bonds is 7. The molecule has 1 fully saturated rings. The van der Waals surface area contributed by atoms with Gasteiger partial charge in [0.1, 0.15) is 0 Å². The Labute approximate surface area is 204 Å². The summed E-state index contributed by atoms with van der Waals surface area (Å²) in [5.74, 6) is 2.34. The maximum absolute atomic E-state index is 13.2. The molecule has 10 nitrogen and oxygen atoms in total. The molecule has 10 heteroatoms. The van der Waals surface area contributed by atoms with E-state index in [-0.39, 0.29) is 36.0 Å². The molecule has 3 aromatic rings. The third-order valence-electron chi connectivity index (χ3n) is 6.67. The molecule has 4 heterocycles. The van der Waals surface area contributed by atoms with Crippen molar-refractivity contribution in [3.05, 3.63) is 39.9 Å². The maximum Gasteiger partial charge on any atom is 0.252 e. The van der Waals surface area contributed by atoms with Gasteiger partial charge in [-0.3, -0.25) is 9.69 Å². The first kappa shape index (κ1) is 23.7. The average Bonchev–Trinajstić information content (AvgIpc) is 3.54. The summed E-state index contributed by atoms with van der Waals surface area (Å²) in [5.41, 5.74) is 1.01. The van der Waals surface area contributed by atoms with Crippen LogP contribution >= 0.6 is 0 Å². The zero-order valence-corrected chi connectivity index (χ0v) is 21.1. The third kappa shape index (κ3) is 4.77. The topological polar surface area (TPSA) is 107 Å². The van der Waals surface area contributed by atoms with Crippen molar-refractivity contribution in [3.63, 3.8) is 0 Å². The minimum atomic E-state index is -0.273. The normalized spacial score (nSPS) is 18.8. The van der Waals surface area contributed by atoms with Crippen LogP contribution in [0.4, 0.5) is 0 Å². The molecule has 2 aliphatic heterocycles. The van der Waals surface area contributed by atoms with Gasteiger partial charge in [-0.15, -0.1) is 5.10 Å². The number of ether oxygens (including phenoxy) is 3. The van der Waals surface area contributed by atoms with E-state index in [0.29, 0.717) is 30.2 Å². The summed E-state index contributed by atoms with van der Waals surface area (Å²) in [6.07, 6.45) is 2.17. The van der Waals surface area contributed by atoms with Gasteiger partial charge in [0.2, 0.25) is 6.79 Å². The van der Waals surface area contributed by atoms with E-state index in [0.717, 1.165) is 36.2 Å². The van der Waals surface area contributed by atoms with Crippen molar-refractivity contribution in [1.29, 1.82) is 0 Å². The van der Waals surface area contributed by atoms with Gasteiger partial charge in [0.25, 0.3) is 5.56 Å². The smallest absolute Gasteiger partial charge is 0.252 e. The van der Waals surface area contributed by atoms with Crippen LogP contribution in [0, 0.1) is 5.92 Å². The van der Waals surface area contributed by atoms with Crippen molar-refractivity contribution in [1.82, 2.24) is 30.1 Å². The molecule has 0 bridgehead atoms. The number of fused-ring (bicyclic) bond motifs is 2. The van der Waals surface area contributed by atoms with Crippen molar-refractivity contribution in [2.45, 2.75) is 71.7 Å². The van der Waals surface area contributed by atoms with E-state index in [1.54, 1.807) is 0 Å². The Hall–Kier alpha value is -2.98. The quantitative estimate of drug-likeness (QED) is 0.546. The Kier molecular flexibility index (Phi) is 6.27. The molecule has 0 aliphatic carbocycles. The predicted molar refractivity (Wildman–Crippen MR) is 130 cm³/mol. The molecule has 1 saturated heterocycles. The number of nitrogens with one attached hydrogen (secondary N) is 1. The molecule has 188 valence electrons. The fraction of sp³-hybridized carbons (Fsp3) is 0.600. The summed E-state index contributed by atoms with van der Waals surface area (Å²) in [5, 5.41) is 13.7. The zero-order chi connectivity index (χ0) is 24.7. The highest BCUT2D eigenvalue weighted by molar-refractivity contribution is 5.83. The standard InChI is InChI=1S/C25H34N6O4/c1-15(2)22(23-27-28-29-31(23)25(3,4)5)30(13-18-7-6-8-33-18)12-17-9-16-10-20-21(35-14-34-20)11-19(16)26-24(17)32/h9-11,15,18,22H,6-8,12-14H2,1-5H3,(H,26,32)/t18-,22-/m0/s1. The Morgan fingerprint density at radius 3 is 2.66 bits per heavy atom. The van der Waals surface area contributed by atoms with Crippen molar-refractivity contribution in [3.8, 4) is 11.5 Å². The molecular formula is C25H34N6O4. The van der Waals surface area contributed by atoms with Gasteiger partial charge in [-0.25, -0.2) is 4.68 Å². The Morgan fingerprint density at radius 1 is 1.20 bits per heavy atom. The van der Waals surface area contributed by atoms with E-state index in [2.05, 4.69) is 60.0 Å². The maximum atomic E-state index is 13.2. The second-order valence-electron chi connectivity index (χ2n) is 10.8. The van der Waals surface area contributed by atoms with Gasteiger partial charge < -0.3 is 19.2 Å². The molecule has 0 saturated carbocycles. The molecule has 5 rings (SSSR count). The number of aromatic amines is 1. The van der Waals surface area contributed by atoms with Crippen LogP contribution in [0.2, 0.25) is 0 Å². The molecule has 1 N–H and O–H groups in total. The Morgan fingerprint density at radius 2 is 1.97 bits per heavy atom. The SMILES string of the molecule is CC(C)[C@@H](c1nnnn1C(C)(C)C)N(Cc1cc2cc3c(cc2[nH]c1=O)OCO3)C[C@@H]1CCCO1. The number of pyridine rings is 1. The molecule has 2 aliphatic rings. The number of hydrogen-bond donors (Lipinski definition) is 1. The molecule has 2 aromatic heterocycles. The van der Waals surface area contributed by atoms with Crippen LogP contribution in [0.15, 0.2) is 23.0 Å². The fourth-order valence-electron chi connectivity index (χ4n) is 5.04. The van der Waals surface area contributed by atoms with Crippen molar-refractivity contribution >= 4 is 10.9 Å². The van der Waals surface area contributed by atoms with Crippen LogP contribution in [0.25, 0.3) is 10.9 Å². The molecule has 1 aromatic carbocycles. The van der Waals surface area contributed by atoms with Gasteiger partial charge in [0, 0.05) is 36.7 Å². The van der Waals surface area contributed by atoms with Crippen LogP contribution < -0.4 is 15.0 Å². The van der Waals surface area contributed by atoms with Gasteiger partial charge in [-0.2, -0.15) is 0 Å². The second kappa shape index (κ2) is 9.23. The summed E-state index contributed by atoms with van der Waals surface area (Å²) in [6, 6.07) is 5.59. The van der Waals surface area contributed by atoms with Gasteiger partial charge >= 0.3 is 0 Å². The lowest BCUT2D eigenvalue weighted by Gasteiger charge is -2.36. The van der Waals surface area contributed by atoms with Crippen molar-refractivity contribution in [2.75, 3.05) is 19.9 Å². The number of aromatic nitrogens is 5. The van der Waals surface area contributed by atoms with Crippen molar-refractivity contribution < 1.29 is 14.2 Å². The van der Waals surface area contributed by atoms with E-state index >= 15 is 0 Å². The van der Waals surface area contributed by atoms with Gasteiger partial charge in [0.05, 0.1) is 23.2 Å². The number of H-pyrrole nitrogens is 1. The molecular weight excluding hydrogens is 448 g/mol. The first-order valence-corrected chi connectivity index (χ1v) is 12.3. The minimum absolute atomic E-state index is 0.0970. The van der Waals surface area contributed by atoms with Gasteiger partial charge in [-0.1, -0.05) is 13.8 Å². The van der Waals surface area contributed by atoms with Crippen LogP contribution in [0.5, 0.6) is 11.5 Å². The first-order chi connectivity index (χ1) is 16.7. The fourth-order valence-corrected chi connectivity index (χ4v) is 5.04. The monoisotopic (exact) mass is 482 g/mol. The number of hydrogen-bond acceptors (Lipinski definition) is 8. The van der Waals surface area contributed by atoms with E-state index in [9.17, 15) is 4.79 Å². The highest BCUT2D eigenvalue weighted by Crippen LogP contribution is 2.36. The second-order valence-corrected chi connectivity index (χ2v) is 10.8. The lowest BCUT2D eigenvalue weighted by atomic mass is 9.98. The number of nitrogens with zero attached hydrogens (tertiary/aromatic N) is 5. The summed E-state index contributed by atoms with van der Waals surface area (Å²) < 4.78 is 18.9. The van der Waals surface area contributed by atoms with E-state index in [1.807, 2.05) is 22.9 Å². The van der Waals surface area contributed by atoms with E-state index in [1.165, 1.54) is 0 Å². The summed E-state index contributed by atoms with van der Waals surface area (Å²) in [6.45, 7) is 12.7. The molecule has 0 amide bonds. The minimum Gasteiger partial charge on any atom is -0.454 e. The van der Waals surface area contributed by atoms with Gasteiger partial charge in [-0.05, 0) is 62.1 Å². The highest BCUT2D eigenvalue weighted by atomic mass is 16.7. The number of benzene rings is 1. The molecule has 0 unspecified atom stereocenters. The highest BCUT2D eigenvalue weighted by Gasteiger charge is 2.34. The molecule has 2 atom stereocenters. The first-order valence-electron chi connectivity index (χ1n) is 12.3. The number of tetrazole rings is 1. The lowest BCUT2D eigenvalue weighted by molar-refractivity contribution is 0.0371. The lowest BCUT2D eigenvalue weighted by Crippen LogP contribution is -2.41. The molecule has 0 radical (unpaired) electrons. The van der Waals surface area contributed by atoms with Crippen LogP contribution in [0.1, 0.15) is 64.9 Å². The Bertz CT molecular complexity index is 1260. The average molecular weight is 483 g/mol. The summed E-state index contributed by atoms with van der Waals surface area (Å²) in [4.78, 5) is 18.5. The van der Waals surface area contributed by atoms with E-state index in [4.69, 9.17) is 14.2 Å². The van der Waals surface area contributed by atoms with E-state index < -0.39 is 0 Å².